The summed E-state index contributed by atoms with van der Waals surface area (Å²) in [4.78, 5) is 2.17. The molecule has 0 aliphatic carbocycles. The lowest BCUT2D eigenvalue weighted by Crippen LogP contribution is -2.39. The van der Waals surface area contributed by atoms with Gasteiger partial charge in [-0.05, 0) is 6.42 Å². The lowest BCUT2D eigenvalue weighted by molar-refractivity contribution is 0.118. The molecule has 1 aliphatic rings. The minimum atomic E-state index is -0.287. The first-order chi connectivity index (χ1) is 6.27. The lowest BCUT2D eigenvalue weighted by Gasteiger charge is -2.26. The van der Waals surface area contributed by atoms with Crippen LogP contribution in [-0.4, -0.2) is 48.3 Å². The summed E-state index contributed by atoms with van der Waals surface area (Å²) >= 11 is 0. The number of nitrogens with zero attached hydrogens (tertiary/aromatic N) is 1. The van der Waals surface area contributed by atoms with Crippen LogP contribution in [0.1, 0.15) is 13.3 Å². The smallest absolute Gasteiger partial charge is 0.0791 e. The summed E-state index contributed by atoms with van der Waals surface area (Å²) in [5.74, 6) is 2.76. The molecule has 1 fully saturated rings. The third-order valence-corrected chi connectivity index (χ3v) is 2.42. The van der Waals surface area contributed by atoms with E-state index in [0.717, 1.165) is 19.5 Å². The quantitative estimate of drug-likeness (QED) is 0.574. The van der Waals surface area contributed by atoms with E-state index in [1.165, 1.54) is 0 Å². The van der Waals surface area contributed by atoms with E-state index in [1.807, 2.05) is 0 Å². The maximum atomic E-state index is 9.53. The maximum absolute atomic E-state index is 9.53. The Labute approximate surface area is 80.1 Å². The highest BCUT2D eigenvalue weighted by Gasteiger charge is 2.20. The topological polar surface area (TPSA) is 35.5 Å². The summed E-state index contributed by atoms with van der Waals surface area (Å²) in [5, 5.41) is 12.7. The monoisotopic (exact) mass is 182 g/mol. The van der Waals surface area contributed by atoms with Gasteiger partial charge in [0, 0.05) is 26.2 Å². The molecule has 13 heavy (non-hydrogen) atoms. The van der Waals surface area contributed by atoms with Gasteiger partial charge in [-0.2, -0.15) is 0 Å². The predicted octanol–water partition coefficient (Wildman–Crippen LogP) is -0.336. The van der Waals surface area contributed by atoms with Gasteiger partial charge in [0.1, 0.15) is 0 Å². The molecule has 0 aromatic heterocycles. The van der Waals surface area contributed by atoms with Gasteiger partial charge in [0.15, 0.2) is 0 Å². The number of hydrogen-bond acceptors (Lipinski definition) is 3. The fourth-order valence-electron chi connectivity index (χ4n) is 1.68. The number of aliphatic hydroxyl groups excluding tert-OH is 1. The Balaban J connectivity index is 2.51. The fraction of sp³-hybridized carbons (Fsp3) is 0.800. The van der Waals surface area contributed by atoms with Crippen LogP contribution >= 0.6 is 0 Å². The molecule has 1 rings (SSSR count). The average molecular weight is 182 g/mol. The highest BCUT2D eigenvalue weighted by molar-refractivity contribution is 5.00. The molecule has 0 aromatic rings. The molecule has 0 bridgehead atoms. The first-order valence-corrected chi connectivity index (χ1v) is 4.87. The zero-order chi connectivity index (χ0) is 9.68. The van der Waals surface area contributed by atoms with Crippen molar-refractivity contribution in [2.45, 2.75) is 25.5 Å². The molecular weight excluding hydrogens is 164 g/mol. The Morgan fingerprint density at radius 2 is 2.54 bits per heavy atom. The van der Waals surface area contributed by atoms with Crippen molar-refractivity contribution in [1.82, 2.24) is 10.2 Å². The van der Waals surface area contributed by atoms with Gasteiger partial charge in [-0.15, -0.1) is 6.42 Å². The first-order valence-electron chi connectivity index (χ1n) is 4.87. The van der Waals surface area contributed by atoms with Gasteiger partial charge in [0.25, 0.3) is 0 Å². The second kappa shape index (κ2) is 5.23. The summed E-state index contributed by atoms with van der Waals surface area (Å²) in [5.41, 5.74) is 0. The molecule has 2 N–H and O–H groups in total. The van der Waals surface area contributed by atoms with Crippen molar-refractivity contribution in [3.63, 3.8) is 0 Å². The number of aliphatic hydroxyl groups is 1. The molecule has 0 radical (unpaired) electrons. The van der Waals surface area contributed by atoms with Crippen molar-refractivity contribution >= 4 is 0 Å². The van der Waals surface area contributed by atoms with E-state index in [2.05, 4.69) is 23.1 Å². The maximum Gasteiger partial charge on any atom is 0.0791 e. The molecule has 3 heteroatoms. The van der Waals surface area contributed by atoms with Crippen molar-refractivity contribution < 1.29 is 5.11 Å². The van der Waals surface area contributed by atoms with E-state index in [4.69, 9.17) is 6.42 Å². The lowest BCUT2D eigenvalue weighted by atomic mass is 10.2. The predicted molar refractivity (Wildman–Crippen MR) is 53.4 cm³/mol. The highest BCUT2D eigenvalue weighted by Crippen LogP contribution is 2.05. The van der Waals surface area contributed by atoms with Crippen LogP contribution in [-0.2, 0) is 0 Å². The van der Waals surface area contributed by atoms with Crippen molar-refractivity contribution in [3.05, 3.63) is 0 Å². The van der Waals surface area contributed by atoms with Crippen molar-refractivity contribution in [2.75, 3.05) is 26.2 Å². The SMILES string of the molecule is C#CC(CC)N1CCNCC(O)C1. The zero-order valence-corrected chi connectivity index (χ0v) is 8.16. The summed E-state index contributed by atoms with van der Waals surface area (Å²) in [7, 11) is 0. The van der Waals surface area contributed by atoms with Gasteiger partial charge < -0.3 is 10.4 Å². The van der Waals surface area contributed by atoms with Gasteiger partial charge in [-0.1, -0.05) is 12.8 Å². The summed E-state index contributed by atoms with van der Waals surface area (Å²) in [6.07, 6.45) is 6.08. The molecule has 2 unspecified atom stereocenters. The molecule has 0 amide bonds. The van der Waals surface area contributed by atoms with E-state index in [-0.39, 0.29) is 12.1 Å². The van der Waals surface area contributed by atoms with Gasteiger partial charge in [0.2, 0.25) is 0 Å². The standard InChI is InChI=1S/C10H18N2O/c1-3-9(4-2)12-6-5-11-7-10(13)8-12/h1,9-11,13H,4-8H2,2H3. The third kappa shape index (κ3) is 3.00. The van der Waals surface area contributed by atoms with Gasteiger partial charge in [-0.3, -0.25) is 4.90 Å². The van der Waals surface area contributed by atoms with Crippen molar-refractivity contribution in [3.8, 4) is 12.3 Å². The molecule has 3 nitrogen and oxygen atoms in total. The Morgan fingerprint density at radius 1 is 1.77 bits per heavy atom. The van der Waals surface area contributed by atoms with E-state index < -0.39 is 0 Å². The van der Waals surface area contributed by atoms with Crippen LogP contribution in [0.2, 0.25) is 0 Å². The van der Waals surface area contributed by atoms with Gasteiger partial charge in [-0.25, -0.2) is 0 Å². The Bertz CT molecular complexity index is 188. The van der Waals surface area contributed by atoms with E-state index >= 15 is 0 Å². The van der Waals surface area contributed by atoms with Crippen LogP contribution in [0.15, 0.2) is 0 Å². The van der Waals surface area contributed by atoms with E-state index in [9.17, 15) is 5.11 Å². The van der Waals surface area contributed by atoms with E-state index in [1.54, 1.807) is 0 Å². The second-order valence-electron chi connectivity index (χ2n) is 3.44. The van der Waals surface area contributed by atoms with Crippen LogP contribution in [0.4, 0.5) is 0 Å². The molecule has 1 saturated heterocycles. The summed E-state index contributed by atoms with van der Waals surface area (Å²) in [6.45, 7) is 5.29. The molecule has 1 heterocycles. The third-order valence-electron chi connectivity index (χ3n) is 2.42. The van der Waals surface area contributed by atoms with Gasteiger partial charge >= 0.3 is 0 Å². The Hall–Kier alpha value is -0.560. The van der Waals surface area contributed by atoms with Crippen LogP contribution in [0.5, 0.6) is 0 Å². The molecule has 1 aliphatic heterocycles. The molecular formula is C10H18N2O. The number of nitrogens with one attached hydrogen (secondary N) is 1. The number of terminal acetylenes is 1. The molecule has 74 valence electrons. The highest BCUT2D eigenvalue weighted by atomic mass is 16.3. The minimum absolute atomic E-state index is 0.176. The van der Waals surface area contributed by atoms with E-state index in [0.29, 0.717) is 13.1 Å². The summed E-state index contributed by atoms with van der Waals surface area (Å²) in [6, 6.07) is 0.176. The number of β-amino-alcohol motifs (C(OH)–C–C–N with tert-alkyl or cyclic N) is 1. The fourth-order valence-corrected chi connectivity index (χ4v) is 1.68. The van der Waals surface area contributed by atoms with Crippen molar-refractivity contribution in [1.29, 1.82) is 0 Å². The molecule has 0 saturated carbocycles. The number of rotatable bonds is 2. The van der Waals surface area contributed by atoms with Crippen LogP contribution in [0.25, 0.3) is 0 Å². The summed E-state index contributed by atoms with van der Waals surface area (Å²) < 4.78 is 0. The Morgan fingerprint density at radius 3 is 3.15 bits per heavy atom. The molecule has 0 aromatic carbocycles. The largest absolute Gasteiger partial charge is 0.390 e. The average Bonchev–Trinajstić information content (AvgIpc) is 2.32. The van der Waals surface area contributed by atoms with Crippen LogP contribution in [0, 0.1) is 12.3 Å². The van der Waals surface area contributed by atoms with Crippen molar-refractivity contribution in [2.24, 2.45) is 0 Å². The minimum Gasteiger partial charge on any atom is -0.390 e. The first kappa shape index (κ1) is 10.5. The zero-order valence-electron chi connectivity index (χ0n) is 8.16. The normalized spacial score (nSPS) is 27.6. The van der Waals surface area contributed by atoms with Crippen LogP contribution < -0.4 is 5.32 Å². The molecule has 2 atom stereocenters. The Kier molecular flexibility index (Phi) is 4.23. The van der Waals surface area contributed by atoms with Gasteiger partial charge in [0.05, 0.1) is 12.1 Å². The van der Waals surface area contributed by atoms with Crippen LogP contribution in [0.3, 0.4) is 0 Å². The second-order valence-corrected chi connectivity index (χ2v) is 3.44. The number of hydrogen-bond donors (Lipinski definition) is 2. The molecule has 0 spiro atoms.